The Labute approximate surface area is 63.9 Å². The van der Waals surface area contributed by atoms with Crippen LogP contribution in [0.5, 0.6) is 0 Å². The van der Waals surface area contributed by atoms with Crippen LogP contribution in [-0.2, 0) is 4.74 Å². The van der Waals surface area contributed by atoms with Crippen molar-refractivity contribution in [3.63, 3.8) is 0 Å². The number of nitrogens with zero attached hydrogens (tertiary/aromatic N) is 1. The predicted molar refractivity (Wildman–Crippen MR) is 39.6 cm³/mol. The number of rotatable bonds is 1. The summed E-state index contributed by atoms with van der Waals surface area (Å²) in [6.45, 7) is 0.870. The molecule has 1 aliphatic heterocycles. The fourth-order valence-electron chi connectivity index (χ4n) is 1.03. The van der Waals surface area contributed by atoms with Crippen LogP contribution in [0.25, 0.3) is 0 Å². The Kier molecular flexibility index (Phi) is 1.69. The van der Waals surface area contributed by atoms with Gasteiger partial charge in [-0.2, -0.15) is 0 Å². The molecule has 1 aromatic heterocycles. The molecule has 0 aliphatic carbocycles. The van der Waals surface area contributed by atoms with Crippen molar-refractivity contribution >= 4 is 11.3 Å². The highest BCUT2D eigenvalue weighted by molar-refractivity contribution is 7.09. The Morgan fingerprint density at radius 2 is 2.60 bits per heavy atom. The Bertz CT molecular complexity index is 191. The average Bonchev–Trinajstić information content (AvgIpc) is 2.59. The maximum atomic E-state index is 5.36. The Hall–Kier alpha value is -0.410. The topological polar surface area (TPSA) is 22.1 Å². The fourth-order valence-corrected chi connectivity index (χ4v) is 1.69. The molecule has 0 saturated carbocycles. The summed E-state index contributed by atoms with van der Waals surface area (Å²) in [5.74, 6) is 0. The molecule has 2 rings (SSSR count). The predicted octanol–water partition coefficient (Wildman–Crippen LogP) is 1.83. The zero-order chi connectivity index (χ0) is 6.81. The molecule has 1 aliphatic rings. The second kappa shape index (κ2) is 2.68. The first kappa shape index (κ1) is 6.31. The van der Waals surface area contributed by atoms with Crippen LogP contribution in [0.1, 0.15) is 17.8 Å². The molecule has 0 bridgehead atoms. The van der Waals surface area contributed by atoms with Gasteiger partial charge in [-0.3, -0.25) is 0 Å². The normalized spacial score (nSPS) is 20.0. The Morgan fingerprint density at radius 3 is 3.20 bits per heavy atom. The first-order valence-corrected chi connectivity index (χ1v) is 4.23. The molecular formula is C7H8NOS. The number of aromatic nitrogens is 1. The van der Waals surface area contributed by atoms with Crippen molar-refractivity contribution in [2.24, 2.45) is 0 Å². The third kappa shape index (κ3) is 1.07. The summed E-state index contributed by atoms with van der Waals surface area (Å²) in [5, 5.41) is 3.03. The van der Waals surface area contributed by atoms with Gasteiger partial charge in [-0.15, -0.1) is 11.3 Å². The molecule has 1 aromatic rings. The first-order chi connectivity index (χ1) is 4.97. The van der Waals surface area contributed by atoms with E-state index in [0.29, 0.717) is 0 Å². The van der Waals surface area contributed by atoms with Crippen LogP contribution in [-0.4, -0.2) is 11.6 Å². The minimum Gasteiger partial charge on any atom is -0.364 e. The third-order valence-corrected chi connectivity index (χ3v) is 2.31. The fraction of sp³-hybridized carbons (Fsp3) is 0.429. The lowest BCUT2D eigenvalue weighted by atomic mass is 10.2. The second-order valence-corrected chi connectivity index (χ2v) is 3.11. The quantitative estimate of drug-likeness (QED) is 0.615. The van der Waals surface area contributed by atoms with Crippen LogP contribution in [0, 0.1) is 6.10 Å². The van der Waals surface area contributed by atoms with E-state index in [1.807, 2.05) is 11.6 Å². The minimum absolute atomic E-state index is 0.870. The van der Waals surface area contributed by atoms with Gasteiger partial charge < -0.3 is 4.74 Å². The highest BCUT2D eigenvalue weighted by Crippen LogP contribution is 2.28. The Balaban J connectivity index is 2.12. The summed E-state index contributed by atoms with van der Waals surface area (Å²) >= 11 is 1.65. The standard InChI is InChI=1S/C7H8NOS/c1-2-6(9-4-1)7-8-3-5-10-7/h3,5H,1-2,4H2. The summed E-state index contributed by atoms with van der Waals surface area (Å²) in [4.78, 5) is 4.15. The maximum absolute atomic E-state index is 5.36. The third-order valence-electron chi connectivity index (χ3n) is 1.50. The summed E-state index contributed by atoms with van der Waals surface area (Å²) in [5.41, 5.74) is 0. The molecule has 0 unspecified atom stereocenters. The molecule has 0 spiro atoms. The van der Waals surface area contributed by atoms with Crippen LogP contribution in [0.4, 0.5) is 0 Å². The zero-order valence-electron chi connectivity index (χ0n) is 5.54. The Morgan fingerprint density at radius 1 is 1.60 bits per heavy atom. The van der Waals surface area contributed by atoms with Gasteiger partial charge in [0.05, 0.1) is 0 Å². The van der Waals surface area contributed by atoms with E-state index >= 15 is 0 Å². The molecule has 53 valence electrons. The molecule has 1 saturated heterocycles. The van der Waals surface area contributed by atoms with Crippen LogP contribution >= 0.6 is 11.3 Å². The monoisotopic (exact) mass is 154 g/mol. The van der Waals surface area contributed by atoms with E-state index in [0.717, 1.165) is 30.6 Å². The van der Waals surface area contributed by atoms with Crippen molar-refractivity contribution < 1.29 is 4.74 Å². The van der Waals surface area contributed by atoms with E-state index in [2.05, 4.69) is 4.98 Å². The summed E-state index contributed by atoms with van der Waals surface area (Å²) in [6, 6.07) is 0. The number of thiazole rings is 1. The van der Waals surface area contributed by atoms with Gasteiger partial charge in [0.25, 0.3) is 0 Å². The highest BCUT2D eigenvalue weighted by Gasteiger charge is 2.20. The lowest BCUT2D eigenvalue weighted by Gasteiger charge is -2.00. The minimum atomic E-state index is 0.870. The molecule has 2 heterocycles. The van der Waals surface area contributed by atoms with Gasteiger partial charge in [-0.25, -0.2) is 4.98 Å². The molecule has 1 fully saturated rings. The van der Waals surface area contributed by atoms with Gasteiger partial charge in [0.1, 0.15) is 5.01 Å². The number of hydrogen-bond acceptors (Lipinski definition) is 3. The highest BCUT2D eigenvalue weighted by atomic mass is 32.1. The number of ether oxygens (including phenoxy) is 1. The van der Waals surface area contributed by atoms with E-state index in [4.69, 9.17) is 4.74 Å². The summed E-state index contributed by atoms with van der Waals surface area (Å²) in [6.07, 6.45) is 5.10. The zero-order valence-corrected chi connectivity index (χ0v) is 6.36. The van der Waals surface area contributed by atoms with Gasteiger partial charge in [0.15, 0.2) is 6.10 Å². The smallest absolute Gasteiger partial charge is 0.155 e. The molecule has 10 heavy (non-hydrogen) atoms. The molecule has 0 atom stereocenters. The molecule has 2 nitrogen and oxygen atoms in total. The first-order valence-electron chi connectivity index (χ1n) is 3.35. The maximum Gasteiger partial charge on any atom is 0.155 e. The lowest BCUT2D eigenvalue weighted by Crippen LogP contribution is -1.94. The SMILES string of the molecule is c1csc([C]2CCCO2)n1. The van der Waals surface area contributed by atoms with Gasteiger partial charge in [-0.1, -0.05) is 0 Å². The van der Waals surface area contributed by atoms with E-state index < -0.39 is 0 Å². The largest absolute Gasteiger partial charge is 0.364 e. The van der Waals surface area contributed by atoms with Crippen LogP contribution in [0.3, 0.4) is 0 Å². The van der Waals surface area contributed by atoms with Crippen molar-refractivity contribution in [1.82, 2.24) is 4.98 Å². The average molecular weight is 154 g/mol. The molecule has 1 radical (unpaired) electrons. The van der Waals surface area contributed by atoms with Gasteiger partial charge in [-0.05, 0) is 12.8 Å². The van der Waals surface area contributed by atoms with Gasteiger partial charge >= 0.3 is 0 Å². The number of hydrogen-bond donors (Lipinski definition) is 0. The van der Waals surface area contributed by atoms with Crippen LogP contribution < -0.4 is 0 Å². The van der Waals surface area contributed by atoms with Crippen molar-refractivity contribution in [3.05, 3.63) is 22.7 Å². The molecular weight excluding hydrogens is 146 g/mol. The summed E-state index contributed by atoms with van der Waals surface area (Å²) < 4.78 is 5.36. The summed E-state index contributed by atoms with van der Waals surface area (Å²) in [7, 11) is 0. The van der Waals surface area contributed by atoms with E-state index in [1.54, 1.807) is 11.3 Å². The van der Waals surface area contributed by atoms with Crippen molar-refractivity contribution in [2.75, 3.05) is 6.61 Å². The van der Waals surface area contributed by atoms with E-state index in [1.165, 1.54) is 0 Å². The van der Waals surface area contributed by atoms with Gasteiger partial charge in [0.2, 0.25) is 0 Å². The van der Waals surface area contributed by atoms with Crippen LogP contribution in [0.15, 0.2) is 11.6 Å². The molecule has 3 heteroatoms. The molecule has 0 amide bonds. The van der Waals surface area contributed by atoms with E-state index in [-0.39, 0.29) is 0 Å². The molecule has 0 aromatic carbocycles. The van der Waals surface area contributed by atoms with E-state index in [9.17, 15) is 0 Å². The van der Waals surface area contributed by atoms with Gasteiger partial charge in [0, 0.05) is 18.2 Å². The van der Waals surface area contributed by atoms with Crippen LogP contribution in [0.2, 0.25) is 0 Å². The lowest BCUT2D eigenvalue weighted by molar-refractivity contribution is 0.216. The van der Waals surface area contributed by atoms with Crippen molar-refractivity contribution in [2.45, 2.75) is 12.8 Å². The van der Waals surface area contributed by atoms with Crippen molar-refractivity contribution in [1.29, 1.82) is 0 Å². The second-order valence-electron chi connectivity index (χ2n) is 2.21. The van der Waals surface area contributed by atoms with Crippen molar-refractivity contribution in [3.8, 4) is 0 Å². The molecule has 0 N–H and O–H groups in total.